The fourth-order valence-corrected chi connectivity index (χ4v) is 2.38. The first kappa shape index (κ1) is 16.6. The summed E-state index contributed by atoms with van der Waals surface area (Å²) in [5.41, 5.74) is 1.62. The zero-order chi connectivity index (χ0) is 17.8. The number of ether oxygens (including phenoxy) is 1. The number of methoxy groups -OCH3 is 1. The van der Waals surface area contributed by atoms with Gasteiger partial charge in [0.15, 0.2) is 17.3 Å². The zero-order valence-electron chi connectivity index (χ0n) is 13.8. The first-order valence-corrected chi connectivity index (χ1v) is 7.70. The molecule has 0 bridgehead atoms. The molecule has 1 heterocycles. The lowest BCUT2D eigenvalue weighted by Gasteiger charge is -2.14. The summed E-state index contributed by atoms with van der Waals surface area (Å²) in [6.07, 6.45) is 1.55. The second-order valence-corrected chi connectivity index (χ2v) is 5.47. The van der Waals surface area contributed by atoms with Crippen molar-refractivity contribution in [2.75, 3.05) is 7.11 Å². The lowest BCUT2D eigenvalue weighted by Crippen LogP contribution is -2.27. The van der Waals surface area contributed by atoms with Crippen LogP contribution >= 0.6 is 0 Å². The van der Waals surface area contributed by atoms with Crippen molar-refractivity contribution in [2.24, 2.45) is 0 Å². The van der Waals surface area contributed by atoms with E-state index in [0.29, 0.717) is 5.56 Å². The van der Waals surface area contributed by atoms with Crippen LogP contribution in [0.4, 0.5) is 4.39 Å². The van der Waals surface area contributed by atoms with E-state index in [0.717, 1.165) is 5.69 Å². The predicted octanol–water partition coefficient (Wildman–Crippen LogP) is 2.91. The Morgan fingerprint density at radius 3 is 2.68 bits per heavy atom. The number of hydrogen-bond acceptors (Lipinski definition) is 4. The number of benzene rings is 2. The summed E-state index contributed by atoms with van der Waals surface area (Å²) in [5, 5.41) is 10.6. The minimum Gasteiger partial charge on any atom is -0.494 e. The summed E-state index contributed by atoms with van der Waals surface area (Å²) in [6.45, 7) is 1.76. The van der Waals surface area contributed by atoms with Crippen LogP contribution in [0, 0.1) is 5.82 Å². The van der Waals surface area contributed by atoms with Gasteiger partial charge in [0.2, 0.25) is 0 Å². The highest BCUT2D eigenvalue weighted by Crippen LogP contribution is 2.21. The lowest BCUT2D eigenvalue weighted by atomic mass is 10.1. The van der Waals surface area contributed by atoms with Crippen LogP contribution in [-0.2, 0) is 0 Å². The van der Waals surface area contributed by atoms with Gasteiger partial charge in [0.25, 0.3) is 5.91 Å². The number of carbonyl (C=O) groups is 1. The molecule has 2 aromatic carbocycles. The summed E-state index contributed by atoms with van der Waals surface area (Å²) < 4.78 is 20.2. The molecule has 1 aromatic heterocycles. The molecule has 0 spiro atoms. The van der Waals surface area contributed by atoms with Gasteiger partial charge >= 0.3 is 0 Å². The number of para-hydroxylation sites is 1. The number of halogens is 1. The molecule has 0 aliphatic rings. The minimum atomic E-state index is -0.476. The minimum absolute atomic E-state index is 0.160. The first-order chi connectivity index (χ1) is 12.1. The molecule has 3 rings (SSSR count). The molecule has 1 N–H and O–H groups in total. The zero-order valence-corrected chi connectivity index (χ0v) is 13.8. The molecule has 0 fully saturated rings. The Balaban J connectivity index is 1.72. The molecular formula is C18H17FN4O2. The molecule has 0 radical (unpaired) electrons. The summed E-state index contributed by atoms with van der Waals surface area (Å²) in [4.78, 5) is 12.3. The SMILES string of the molecule is COc1ccc(C(C)NC(=O)c2cn(-c3ccccc3)nn2)cc1F. The van der Waals surface area contributed by atoms with E-state index in [4.69, 9.17) is 4.74 Å². The molecule has 128 valence electrons. The first-order valence-electron chi connectivity index (χ1n) is 7.70. The molecule has 25 heavy (non-hydrogen) atoms. The van der Waals surface area contributed by atoms with E-state index in [2.05, 4.69) is 15.6 Å². The summed E-state index contributed by atoms with van der Waals surface area (Å²) in [5.74, 6) is -0.699. The van der Waals surface area contributed by atoms with E-state index in [1.807, 2.05) is 30.3 Å². The maximum Gasteiger partial charge on any atom is 0.273 e. The summed E-state index contributed by atoms with van der Waals surface area (Å²) in [7, 11) is 1.40. The maximum absolute atomic E-state index is 13.8. The van der Waals surface area contributed by atoms with Crippen LogP contribution in [0.15, 0.2) is 54.7 Å². The van der Waals surface area contributed by atoms with Gasteiger partial charge in [-0.15, -0.1) is 5.10 Å². The van der Waals surface area contributed by atoms with Gasteiger partial charge in [-0.1, -0.05) is 29.5 Å². The molecule has 1 unspecified atom stereocenters. The molecule has 3 aromatic rings. The van der Waals surface area contributed by atoms with Crippen molar-refractivity contribution in [3.8, 4) is 11.4 Å². The highest BCUT2D eigenvalue weighted by molar-refractivity contribution is 5.92. The van der Waals surface area contributed by atoms with E-state index in [1.54, 1.807) is 19.2 Å². The standard InChI is InChI=1S/C18H17FN4O2/c1-12(13-8-9-17(25-2)15(19)10-13)20-18(24)16-11-23(22-21-16)14-6-4-3-5-7-14/h3-12H,1-2H3,(H,20,24). The smallest absolute Gasteiger partial charge is 0.273 e. The Hall–Kier alpha value is -3.22. The number of nitrogens with zero attached hydrogens (tertiary/aromatic N) is 3. The van der Waals surface area contributed by atoms with Crippen LogP contribution in [0.3, 0.4) is 0 Å². The molecular weight excluding hydrogens is 323 g/mol. The van der Waals surface area contributed by atoms with Crippen LogP contribution in [0.2, 0.25) is 0 Å². The van der Waals surface area contributed by atoms with Gasteiger partial charge in [0.1, 0.15) is 0 Å². The highest BCUT2D eigenvalue weighted by atomic mass is 19.1. The summed E-state index contributed by atoms with van der Waals surface area (Å²) in [6, 6.07) is 13.5. The fraction of sp³-hybridized carbons (Fsp3) is 0.167. The summed E-state index contributed by atoms with van der Waals surface area (Å²) >= 11 is 0. The van der Waals surface area contributed by atoms with Crippen LogP contribution in [-0.4, -0.2) is 28.0 Å². The lowest BCUT2D eigenvalue weighted by molar-refractivity contribution is 0.0934. The number of rotatable bonds is 5. The Morgan fingerprint density at radius 2 is 2.00 bits per heavy atom. The van der Waals surface area contributed by atoms with Gasteiger partial charge in [0.05, 0.1) is 25.0 Å². The Labute approximate surface area is 144 Å². The third-order valence-electron chi connectivity index (χ3n) is 3.77. The maximum atomic E-state index is 13.8. The van der Waals surface area contributed by atoms with Crippen molar-refractivity contribution < 1.29 is 13.9 Å². The Morgan fingerprint density at radius 1 is 1.24 bits per heavy atom. The molecule has 7 heteroatoms. The molecule has 0 aliphatic carbocycles. The van der Waals surface area contributed by atoms with E-state index in [9.17, 15) is 9.18 Å². The van der Waals surface area contributed by atoms with Gasteiger partial charge in [-0.3, -0.25) is 4.79 Å². The number of hydrogen-bond donors (Lipinski definition) is 1. The van der Waals surface area contributed by atoms with Crippen molar-refractivity contribution in [1.29, 1.82) is 0 Å². The molecule has 0 saturated heterocycles. The largest absolute Gasteiger partial charge is 0.494 e. The van der Waals surface area contributed by atoms with E-state index in [1.165, 1.54) is 23.9 Å². The average Bonchev–Trinajstić information content (AvgIpc) is 3.12. The second kappa shape index (κ2) is 7.12. The van der Waals surface area contributed by atoms with Crippen molar-refractivity contribution >= 4 is 5.91 Å². The van der Waals surface area contributed by atoms with Gasteiger partial charge in [-0.25, -0.2) is 9.07 Å². The van der Waals surface area contributed by atoms with Crippen LogP contribution < -0.4 is 10.1 Å². The second-order valence-electron chi connectivity index (χ2n) is 5.47. The van der Waals surface area contributed by atoms with E-state index in [-0.39, 0.29) is 17.4 Å². The number of carbonyl (C=O) groups excluding carboxylic acids is 1. The topological polar surface area (TPSA) is 69.0 Å². The van der Waals surface area contributed by atoms with Crippen LogP contribution in [0.25, 0.3) is 5.69 Å². The van der Waals surface area contributed by atoms with Crippen LogP contribution in [0.1, 0.15) is 29.0 Å². The van der Waals surface area contributed by atoms with E-state index < -0.39 is 11.9 Å². The monoisotopic (exact) mass is 340 g/mol. The highest BCUT2D eigenvalue weighted by Gasteiger charge is 2.16. The van der Waals surface area contributed by atoms with Crippen molar-refractivity contribution in [3.05, 3.63) is 71.8 Å². The van der Waals surface area contributed by atoms with Crippen LogP contribution in [0.5, 0.6) is 5.75 Å². The number of nitrogens with one attached hydrogen (secondary N) is 1. The normalized spacial score (nSPS) is 11.8. The third-order valence-corrected chi connectivity index (χ3v) is 3.77. The van der Waals surface area contributed by atoms with Gasteiger partial charge in [-0.05, 0) is 36.8 Å². The van der Waals surface area contributed by atoms with Gasteiger partial charge in [-0.2, -0.15) is 0 Å². The number of amides is 1. The molecule has 0 saturated carbocycles. The fourth-order valence-electron chi connectivity index (χ4n) is 2.38. The predicted molar refractivity (Wildman–Crippen MR) is 90.2 cm³/mol. The van der Waals surface area contributed by atoms with Crippen molar-refractivity contribution in [2.45, 2.75) is 13.0 Å². The average molecular weight is 340 g/mol. The van der Waals surface area contributed by atoms with Gasteiger partial charge in [0, 0.05) is 0 Å². The Kier molecular flexibility index (Phi) is 4.74. The number of aromatic nitrogens is 3. The molecule has 1 amide bonds. The molecule has 1 atom stereocenters. The Bertz CT molecular complexity index is 880. The van der Waals surface area contributed by atoms with E-state index >= 15 is 0 Å². The molecule has 6 nitrogen and oxygen atoms in total. The van der Waals surface area contributed by atoms with Gasteiger partial charge < -0.3 is 10.1 Å². The quantitative estimate of drug-likeness (QED) is 0.775. The van der Waals surface area contributed by atoms with Crippen molar-refractivity contribution in [1.82, 2.24) is 20.3 Å². The molecule has 0 aliphatic heterocycles. The van der Waals surface area contributed by atoms with Crippen molar-refractivity contribution in [3.63, 3.8) is 0 Å². The third kappa shape index (κ3) is 3.65.